The number of carbonyl (C=O) groups excluding carboxylic acids is 5. The van der Waals surface area contributed by atoms with Gasteiger partial charge in [-0.15, -0.1) is 0 Å². The van der Waals surface area contributed by atoms with Crippen LogP contribution in [0.2, 0.25) is 0 Å². The number of carboxylic acid groups (broad SMARTS) is 1. The average molecular weight is 1020 g/mol. The summed E-state index contributed by atoms with van der Waals surface area (Å²) in [5, 5.41) is 42.2. The maximum atomic E-state index is 14.0. The fraction of sp³-hybridized carbons (Fsp3) is 0.661. The van der Waals surface area contributed by atoms with Crippen LogP contribution in [0.4, 0.5) is 0 Å². The number of ketones is 1. The van der Waals surface area contributed by atoms with Gasteiger partial charge in [-0.25, -0.2) is 5.43 Å². The van der Waals surface area contributed by atoms with E-state index >= 15 is 0 Å². The standard InChI is InChI=1S/C59H93N5O9/c1-10-47-32-34-49(60-55(47)68)44(8)37-41(5)30-35-52(66)42(6)25-19-14-17-24-40(4)23-16-12-11-13-18-26-43(7)54(67)48(33-31-45(9)65)56(69)62-53(39(2)3)57(70)61-51(38-46-27-20-15-21-28-46)58(71)64-36-22-29-50(63-64)59(72)73/h11-15,17-18,20-21,24,27-28,39,41-44,47-54,63,66-67H,10,16,19,22-23,25-26,29-38H2,1-9H3,(H,60,68)(H,61,70)(H,62,69)(H,72,73)/b12-11+,17-14+,18-13+,40-24+. The fourth-order valence-electron chi connectivity index (χ4n) is 9.95. The highest BCUT2D eigenvalue weighted by Gasteiger charge is 2.37. The van der Waals surface area contributed by atoms with E-state index in [9.17, 15) is 44.1 Å². The average Bonchev–Trinajstić information content (AvgIpc) is 3.36. The summed E-state index contributed by atoms with van der Waals surface area (Å²) in [5.74, 6) is -3.06. The summed E-state index contributed by atoms with van der Waals surface area (Å²) in [5.41, 5.74) is 4.82. The minimum Gasteiger partial charge on any atom is -0.480 e. The number of aliphatic carboxylic acids is 1. The first-order valence-electron chi connectivity index (χ1n) is 27.5. The molecule has 1 aromatic carbocycles. The van der Waals surface area contributed by atoms with E-state index in [1.54, 1.807) is 13.8 Å². The van der Waals surface area contributed by atoms with Crippen LogP contribution in [0.5, 0.6) is 0 Å². The van der Waals surface area contributed by atoms with Crippen LogP contribution in [-0.2, 0) is 35.2 Å². The van der Waals surface area contributed by atoms with Crippen molar-refractivity contribution in [3.8, 4) is 0 Å². The molecule has 3 rings (SSSR count). The number of aliphatic hydroxyl groups excluding tert-OH is 2. The Hall–Kier alpha value is -4.92. The van der Waals surface area contributed by atoms with Crippen LogP contribution in [0, 0.1) is 41.4 Å². The number of benzene rings is 1. The lowest BCUT2D eigenvalue weighted by Gasteiger charge is -2.35. The van der Waals surface area contributed by atoms with Gasteiger partial charge in [0.15, 0.2) is 0 Å². The van der Waals surface area contributed by atoms with Crippen molar-refractivity contribution >= 4 is 35.4 Å². The zero-order chi connectivity index (χ0) is 54.0. The number of nitrogens with one attached hydrogen (secondary N) is 4. The van der Waals surface area contributed by atoms with Crippen LogP contribution in [0.25, 0.3) is 0 Å². The van der Waals surface area contributed by atoms with Crippen molar-refractivity contribution in [2.45, 2.75) is 201 Å². The van der Waals surface area contributed by atoms with Gasteiger partial charge in [0.1, 0.15) is 23.9 Å². The van der Waals surface area contributed by atoms with Crippen molar-refractivity contribution in [1.29, 1.82) is 0 Å². The van der Waals surface area contributed by atoms with E-state index in [-0.39, 0.29) is 67.4 Å². The molecule has 2 aliphatic rings. The molecule has 73 heavy (non-hydrogen) atoms. The number of hydrogen-bond donors (Lipinski definition) is 7. The van der Waals surface area contributed by atoms with E-state index in [2.05, 4.69) is 80.3 Å². The third kappa shape index (κ3) is 22.6. The van der Waals surface area contributed by atoms with Crippen molar-refractivity contribution in [1.82, 2.24) is 26.4 Å². The SMILES string of the molecule is CCC1CCC(C(C)CC(C)CCC(O)C(C)CC/C=C/C=C(\C)CC/C=C/C=C/CC(C)C(O)C(CCC(C)=O)C(=O)NC(C(=O)NC(Cc2ccccc2)C(=O)N2CCCC(C(=O)O)N2)C(C)C)NC1=O. The van der Waals surface area contributed by atoms with Gasteiger partial charge < -0.3 is 36.1 Å². The second-order valence-corrected chi connectivity index (χ2v) is 21.8. The quantitative estimate of drug-likeness (QED) is 0.0341. The van der Waals surface area contributed by atoms with Crippen molar-refractivity contribution in [2.24, 2.45) is 41.4 Å². The van der Waals surface area contributed by atoms with Gasteiger partial charge in [0, 0.05) is 31.3 Å². The van der Waals surface area contributed by atoms with Crippen LogP contribution >= 0.6 is 0 Å². The topological polar surface area (TPSA) is 214 Å². The smallest absolute Gasteiger partial charge is 0.322 e. The van der Waals surface area contributed by atoms with Gasteiger partial charge in [-0.3, -0.25) is 29.0 Å². The number of rotatable bonds is 32. The van der Waals surface area contributed by atoms with E-state index in [1.165, 1.54) is 17.5 Å². The zero-order valence-corrected chi connectivity index (χ0v) is 45.7. The normalized spacial score (nSPS) is 21.5. The van der Waals surface area contributed by atoms with Gasteiger partial charge in [0.25, 0.3) is 5.91 Å². The van der Waals surface area contributed by atoms with Gasteiger partial charge in [-0.05, 0) is 139 Å². The molecule has 2 heterocycles. The molecule has 12 unspecified atom stereocenters. The second-order valence-electron chi connectivity index (χ2n) is 21.8. The summed E-state index contributed by atoms with van der Waals surface area (Å²) in [7, 11) is 0. The molecule has 12 atom stereocenters. The predicted molar refractivity (Wildman–Crippen MR) is 289 cm³/mol. The first kappa shape index (κ1) is 62.4. The molecular weight excluding hydrogens is 923 g/mol. The third-order valence-electron chi connectivity index (χ3n) is 15.0. The lowest BCUT2D eigenvalue weighted by Crippen LogP contribution is -2.62. The number of hydrogen-bond acceptors (Lipinski definition) is 9. The van der Waals surface area contributed by atoms with E-state index in [0.717, 1.165) is 69.8 Å². The van der Waals surface area contributed by atoms with E-state index < -0.39 is 59.8 Å². The third-order valence-corrected chi connectivity index (χ3v) is 15.0. The number of allylic oxidation sites excluding steroid dienone is 8. The first-order valence-corrected chi connectivity index (χ1v) is 27.5. The molecular formula is C59H93N5O9. The maximum Gasteiger partial charge on any atom is 0.322 e. The van der Waals surface area contributed by atoms with Crippen molar-refractivity contribution in [2.75, 3.05) is 6.54 Å². The Kier molecular flexibility index (Phi) is 28.3. The lowest BCUT2D eigenvalue weighted by molar-refractivity contribution is -0.148. The molecule has 408 valence electrons. The fourth-order valence-corrected chi connectivity index (χ4v) is 9.95. The minimum absolute atomic E-state index is 0.0739. The Labute approximate surface area is 437 Å². The van der Waals surface area contributed by atoms with Gasteiger partial charge in [0.05, 0.1) is 18.1 Å². The Morgan fingerprint density at radius 3 is 2.16 bits per heavy atom. The first-order chi connectivity index (χ1) is 34.7. The monoisotopic (exact) mass is 1020 g/mol. The summed E-state index contributed by atoms with van der Waals surface area (Å²) in [6, 6.07) is 6.33. The molecule has 7 N–H and O–H groups in total. The summed E-state index contributed by atoms with van der Waals surface area (Å²) in [4.78, 5) is 78.1. The summed E-state index contributed by atoms with van der Waals surface area (Å²) >= 11 is 0. The molecule has 0 saturated carbocycles. The molecule has 0 radical (unpaired) electrons. The number of amides is 4. The van der Waals surface area contributed by atoms with Gasteiger partial charge in [0.2, 0.25) is 17.7 Å². The molecule has 2 fully saturated rings. The number of hydrazine groups is 1. The van der Waals surface area contributed by atoms with Crippen LogP contribution < -0.4 is 21.4 Å². The molecule has 1 aromatic rings. The number of carboxylic acids is 1. The van der Waals surface area contributed by atoms with Crippen molar-refractivity contribution < 1.29 is 44.1 Å². The molecule has 0 aliphatic carbocycles. The van der Waals surface area contributed by atoms with Crippen LogP contribution in [0.1, 0.15) is 164 Å². The van der Waals surface area contributed by atoms with Crippen LogP contribution in [0.15, 0.2) is 78.4 Å². The van der Waals surface area contributed by atoms with Crippen molar-refractivity contribution in [3.05, 3.63) is 84.0 Å². The zero-order valence-electron chi connectivity index (χ0n) is 45.7. The predicted octanol–water partition coefficient (Wildman–Crippen LogP) is 8.73. The van der Waals surface area contributed by atoms with E-state index in [0.29, 0.717) is 31.1 Å². The summed E-state index contributed by atoms with van der Waals surface area (Å²) in [6.45, 7) is 17.9. The molecule has 14 nitrogen and oxygen atoms in total. The highest BCUT2D eigenvalue weighted by atomic mass is 16.4. The molecule has 4 amide bonds. The van der Waals surface area contributed by atoms with E-state index in [1.807, 2.05) is 55.5 Å². The molecule has 14 heteroatoms. The Bertz CT molecular complexity index is 2000. The number of Topliss-reactive ketones (excluding diaryl/α,β-unsaturated/α-hetero) is 1. The summed E-state index contributed by atoms with van der Waals surface area (Å²) in [6.07, 6.45) is 23.9. The van der Waals surface area contributed by atoms with Gasteiger partial charge in [-0.2, -0.15) is 0 Å². The van der Waals surface area contributed by atoms with Gasteiger partial charge >= 0.3 is 5.97 Å². The molecule has 0 aromatic heterocycles. The molecule has 2 saturated heterocycles. The second kappa shape index (κ2) is 33.1. The Morgan fingerprint density at radius 2 is 1.51 bits per heavy atom. The minimum atomic E-state index is -1.11. The number of aliphatic hydroxyl groups is 2. The largest absolute Gasteiger partial charge is 0.480 e. The lowest BCUT2D eigenvalue weighted by atomic mass is 9.81. The number of nitrogens with zero attached hydrogens (tertiary/aromatic N) is 1. The molecule has 0 bridgehead atoms. The van der Waals surface area contributed by atoms with Crippen molar-refractivity contribution in [3.63, 3.8) is 0 Å². The maximum absolute atomic E-state index is 14.0. The highest BCUT2D eigenvalue weighted by molar-refractivity contribution is 5.93. The summed E-state index contributed by atoms with van der Waals surface area (Å²) < 4.78 is 0. The van der Waals surface area contributed by atoms with Crippen LogP contribution in [-0.4, -0.2) is 98.6 Å². The number of piperidine rings is 1. The van der Waals surface area contributed by atoms with Crippen LogP contribution in [0.3, 0.4) is 0 Å². The Morgan fingerprint density at radius 1 is 0.808 bits per heavy atom. The number of carbonyl (C=O) groups is 6. The molecule has 0 spiro atoms. The Balaban J connectivity index is 1.46. The highest BCUT2D eigenvalue weighted by Crippen LogP contribution is 2.29. The van der Waals surface area contributed by atoms with Gasteiger partial charge in [-0.1, -0.05) is 127 Å². The molecule has 2 aliphatic heterocycles. The van der Waals surface area contributed by atoms with E-state index in [4.69, 9.17) is 0 Å².